The van der Waals surface area contributed by atoms with E-state index in [9.17, 15) is 4.79 Å². The number of rotatable bonds is 5. The van der Waals surface area contributed by atoms with Crippen LogP contribution < -0.4 is 19.9 Å². The second-order valence-corrected chi connectivity index (χ2v) is 7.74. The first-order valence-electron chi connectivity index (χ1n) is 9.66. The highest BCUT2D eigenvalue weighted by atomic mass is 79.9. The molecule has 1 N–H and O–H groups in total. The van der Waals surface area contributed by atoms with E-state index in [1.165, 1.54) is 5.69 Å². The van der Waals surface area contributed by atoms with Gasteiger partial charge < -0.3 is 19.9 Å². The molecule has 0 saturated carbocycles. The SMILES string of the molecule is COc1ccc(Br)c(C(=O)Nc2cnc(N3CCN(c4ccccc4)CC3)nc2)c1. The summed E-state index contributed by atoms with van der Waals surface area (Å²) in [5, 5.41) is 2.83. The predicted molar refractivity (Wildman–Crippen MR) is 122 cm³/mol. The number of piperazine rings is 1. The topological polar surface area (TPSA) is 70.6 Å². The molecule has 0 bridgehead atoms. The minimum Gasteiger partial charge on any atom is -0.497 e. The van der Waals surface area contributed by atoms with Crippen molar-refractivity contribution in [2.24, 2.45) is 0 Å². The van der Waals surface area contributed by atoms with Crippen LogP contribution in [0.25, 0.3) is 0 Å². The molecule has 2 aromatic carbocycles. The maximum atomic E-state index is 12.6. The van der Waals surface area contributed by atoms with Gasteiger partial charge in [0.1, 0.15) is 5.75 Å². The minimum atomic E-state index is -0.256. The zero-order valence-corrected chi connectivity index (χ0v) is 18.2. The van der Waals surface area contributed by atoms with Crippen LogP contribution in [0.5, 0.6) is 5.75 Å². The average Bonchev–Trinajstić information content (AvgIpc) is 2.80. The number of para-hydroxylation sites is 1. The summed E-state index contributed by atoms with van der Waals surface area (Å²) in [6.45, 7) is 3.51. The third kappa shape index (κ3) is 4.54. The Morgan fingerprint density at radius 2 is 1.67 bits per heavy atom. The molecule has 1 aromatic heterocycles. The number of methoxy groups -OCH3 is 1. The molecule has 30 heavy (non-hydrogen) atoms. The Labute approximate surface area is 183 Å². The third-order valence-corrected chi connectivity index (χ3v) is 5.69. The first kappa shape index (κ1) is 20.2. The van der Waals surface area contributed by atoms with Crippen molar-refractivity contribution >= 4 is 39.2 Å². The zero-order chi connectivity index (χ0) is 20.9. The second-order valence-electron chi connectivity index (χ2n) is 6.88. The van der Waals surface area contributed by atoms with E-state index >= 15 is 0 Å². The van der Waals surface area contributed by atoms with E-state index in [0.717, 1.165) is 26.2 Å². The van der Waals surface area contributed by atoms with E-state index in [1.54, 1.807) is 37.7 Å². The van der Waals surface area contributed by atoms with Gasteiger partial charge in [-0.1, -0.05) is 18.2 Å². The molecule has 1 aliphatic rings. The fraction of sp³-hybridized carbons (Fsp3) is 0.227. The third-order valence-electron chi connectivity index (χ3n) is 5.00. The molecular weight excluding hydrogens is 446 g/mol. The van der Waals surface area contributed by atoms with Crippen molar-refractivity contribution in [3.05, 3.63) is 71.0 Å². The number of carbonyl (C=O) groups excluding carboxylic acids is 1. The van der Waals surface area contributed by atoms with Crippen LogP contribution in [0.3, 0.4) is 0 Å². The number of nitrogens with one attached hydrogen (secondary N) is 1. The smallest absolute Gasteiger partial charge is 0.257 e. The molecule has 7 nitrogen and oxygen atoms in total. The fourth-order valence-electron chi connectivity index (χ4n) is 3.36. The van der Waals surface area contributed by atoms with Crippen molar-refractivity contribution in [1.82, 2.24) is 9.97 Å². The molecule has 1 fully saturated rings. The molecule has 0 unspecified atom stereocenters. The highest BCUT2D eigenvalue weighted by molar-refractivity contribution is 9.10. The summed E-state index contributed by atoms with van der Waals surface area (Å²) in [5.74, 6) is 1.03. The Kier molecular flexibility index (Phi) is 6.13. The van der Waals surface area contributed by atoms with Crippen LogP contribution in [-0.2, 0) is 0 Å². The first-order chi connectivity index (χ1) is 14.6. The number of amides is 1. The molecule has 0 aliphatic carbocycles. The van der Waals surface area contributed by atoms with Gasteiger partial charge in [-0.05, 0) is 46.3 Å². The van der Waals surface area contributed by atoms with Crippen LogP contribution in [0.1, 0.15) is 10.4 Å². The van der Waals surface area contributed by atoms with E-state index in [-0.39, 0.29) is 5.91 Å². The Morgan fingerprint density at radius 1 is 1.00 bits per heavy atom. The molecule has 1 aliphatic heterocycles. The van der Waals surface area contributed by atoms with E-state index < -0.39 is 0 Å². The molecule has 0 atom stereocenters. The predicted octanol–water partition coefficient (Wildman–Crippen LogP) is 3.83. The highest BCUT2D eigenvalue weighted by Gasteiger charge is 2.19. The molecule has 4 rings (SSSR count). The number of hydrogen-bond donors (Lipinski definition) is 1. The number of hydrogen-bond acceptors (Lipinski definition) is 6. The molecule has 1 saturated heterocycles. The van der Waals surface area contributed by atoms with E-state index in [2.05, 4.69) is 65.3 Å². The second kappa shape index (κ2) is 9.13. The van der Waals surface area contributed by atoms with E-state index in [4.69, 9.17) is 4.74 Å². The monoisotopic (exact) mass is 467 g/mol. The van der Waals surface area contributed by atoms with Gasteiger partial charge >= 0.3 is 0 Å². The van der Waals surface area contributed by atoms with Gasteiger partial charge in [0.05, 0.1) is 30.8 Å². The van der Waals surface area contributed by atoms with E-state index in [0.29, 0.717) is 27.4 Å². The Balaban J connectivity index is 1.37. The maximum absolute atomic E-state index is 12.6. The molecule has 3 aromatic rings. The molecule has 1 amide bonds. The van der Waals surface area contributed by atoms with Crippen LogP contribution in [0.15, 0.2) is 65.4 Å². The van der Waals surface area contributed by atoms with Gasteiger partial charge in [0.2, 0.25) is 5.95 Å². The molecule has 2 heterocycles. The van der Waals surface area contributed by atoms with Crippen molar-refractivity contribution < 1.29 is 9.53 Å². The highest BCUT2D eigenvalue weighted by Crippen LogP contribution is 2.24. The maximum Gasteiger partial charge on any atom is 0.257 e. The summed E-state index contributed by atoms with van der Waals surface area (Å²) in [6, 6.07) is 15.7. The average molecular weight is 468 g/mol. The summed E-state index contributed by atoms with van der Waals surface area (Å²) in [6.07, 6.45) is 3.27. The number of benzene rings is 2. The lowest BCUT2D eigenvalue weighted by molar-refractivity contribution is 0.102. The molecular formula is C22H22BrN5O2. The first-order valence-corrected chi connectivity index (χ1v) is 10.5. The van der Waals surface area contributed by atoms with Gasteiger partial charge in [-0.25, -0.2) is 9.97 Å². The van der Waals surface area contributed by atoms with Crippen LogP contribution in [0, 0.1) is 0 Å². The number of nitrogens with zero attached hydrogens (tertiary/aromatic N) is 4. The molecule has 0 spiro atoms. The zero-order valence-electron chi connectivity index (χ0n) is 16.6. The van der Waals surface area contributed by atoms with Gasteiger partial charge in [0.25, 0.3) is 5.91 Å². The Morgan fingerprint density at radius 3 is 2.33 bits per heavy atom. The number of carbonyl (C=O) groups is 1. The normalized spacial score (nSPS) is 13.8. The van der Waals surface area contributed by atoms with Crippen molar-refractivity contribution in [3.8, 4) is 5.75 Å². The summed E-state index contributed by atoms with van der Waals surface area (Å²) >= 11 is 3.40. The van der Waals surface area contributed by atoms with E-state index in [1.807, 2.05) is 6.07 Å². The molecule has 154 valence electrons. The quantitative estimate of drug-likeness (QED) is 0.614. The lowest BCUT2D eigenvalue weighted by Crippen LogP contribution is -2.47. The van der Waals surface area contributed by atoms with Crippen molar-refractivity contribution in [3.63, 3.8) is 0 Å². The van der Waals surface area contributed by atoms with Gasteiger partial charge in [-0.3, -0.25) is 4.79 Å². The van der Waals surface area contributed by atoms with Crippen molar-refractivity contribution in [2.45, 2.75) is 0 Å². The van der Waals surface area contributed by atoms with Crippen molar-refractivity contribution in [1.29, 1.82) is 0 Å². The number of ether oxygens (including phenoxy) is 1. The largest absolute Gasteiger partial charge is 0.497 e. The summed E-state index contributed by atoms with van der Waals surface area (Å²) in [7, 11) is 1.57. The lowest BCUT2D eigenvalue weighted by atomic mass is 10.2. The van der Waals surface area contributed by atoms with Crippen LogP contribution in [-0.4, -0.2) is 49.2 Å². The van der Waals surface area contributed by atoms with Gasteiger partial charge in [0.15, 0.2) is 0 Å². The summed E-state index contributed by atoms with van der Waals surface area (Å²) in [4.78, 5) is 26.0. The Hall–Kier alpha value is -3.13. The minimum absolute atomic E-state index is 0.256. The van der Waals surface area contributed by atoms with Crippen LogP contribution >= 0.6 is 15.9 Å². The Bertz CT molecular complexity index is 1010. The number of aromatic nitrogens is 2. The van der Waals surface area contributed by atoms with Gasteiger partial charge in [0, 0.05) is 36.3 Å². The number of anilines is 3. The van der Waals surface area contributed by atoms with Gasteiger partial charge in [-0.15, -0.1) is 0 Å². The van der Waals surface area contributed by atoms with Crippen LogP contribution in [0.4, 0.5) is 17.3 Å². The summed E-state index contributed by atoms with van der Waals surface area (Å²) < 4.78 is 5.88. The fourth-order valence-corrected chi connectivity index (χ4v) is 3.78. The van der Waals surface area contributed by atoms with Crippen molar-refractivity contribution in [2.75, 3.05) is 48.4 Å². The molecule has 0 radical (unpaired) electrons. The number of halogens is 1. The molecule has 8 heteroatoms. The van der Waals surface area contributed by atoms with Crippen LogP contribution in [0.2, 0.25) is 0 Å². The lowest BCUT2D eigenvalue weighted by Gasteiger charge is -2.36. The summed E-state index contributed by atoms with van der Waals surface area (Å²) in [5.41, 5.74) is 2.26. The van der Waals surface area contributed by atoms with Gasteiger partial charge in [-0.2, -0.15) is 0 Å². The standard InChI is InChI=1S/C22H22BrN5O2/c1-30-18-7-8-20(23)19(13-18)21(29)26-16-14-24-22(25-15-16)28-11-9-27(10-12-28)17-5-3-2-4-6-17/h2-8,13-15H,9-12H2,1H3,(H,26,29).